The summed E-state index contributed by atoms with van der Waals surface area (Å²) in [6, 6.07) is 8.18. The van der Waals surface area contributed by atoms with Crippen LogP contribution in [0.2, 0.25) is 0 Å². The minimum atomic E-state index is 0. The van der Waals surface area contributed by atoms with E-state index in [1.54, 1.807) is 0 Å². The van der Waals surface area contributed by atoms with Crippen LogP contribution in [0.1, 0.15) is 11.1 Å². The Bertz CT molecular complexity index is 213. The summed E-state index contributed by atoms with van der Waals surface area (Å²) in [6.07, 6.45) is 0. The molecular weight excluding hydrogens is 160 g/mol. The van der Waals surface area contributed by atoms with Gasteiger partial charge in [0.05, 0.1) is 0 Å². The fourth-order valence-electron chi connectivity index (χ4n) is 0.918. The predicted octanol–water partition coefficient (Wildman–Crippen LogP) is 1.38. The maximum absolute atomic E-state index is 5.18. The molecule has 0 aliphatic heterocycles. The zero-order valence-electron chi connectivity index (χ0n) is 6.50. The Hall–Kier alpha value is -0.570. The van der Waals surface area contributed by atoms with Crippen LogP contribution >= 0.6 is 12.4 Å². The van der Waals surface area contributed by atoms with Crippen molar-refractivity contribution in [3.8, 4) is 0 Å². The molecule has 11 heavy (non-hydrogen) atoms. The highest BCUT2D eigenvalue weighted by molar-refractivity contribution is 5.85. The maximum Gasteiger partial charge on any atom is 0.0351 e. The maximum atomic E-state index is 5.18. The minimum Gasteiger partial charge on any atom is -0.271 e. The molecule has 0 aromatic heterocycles. The lowest BCUT2D eigenvalue weighted by Crippen LogP contribution is -2.21. The van der Waals surface area contributed by atoms with Gasteiger partial charge in [-0.05, 0) is 18.1 Å². The molecule has 0 aliphatic rings. The molecule has 62 valence electrons. The van der Waals surface area contributed by atoms with E-state index in [2.05, 4.69) is 24.5 Å². The van der Waals surface area contributed by atoms with Crippen molar-refractivity contribution in [2.24, 2.45) is 5.84 Å². The van der Waals surface area contributed by atoms with E-state index in [1.165, 1.54) is 11.1 Å². The van der Waals surface area contributed by atoms with Gasteiger partial charge in [-0.15, -0.1) is 12.4 Å². The van der Waals surface area contributed by atoms with Crippen LogP contribution in [0.3, 0.4) is 0 Å². The van der Waals surface area contributed by atoms with Gasteiger partial charge >= 0.3 is 0 Å². The van der Waals surface area contributed by atoms with Crippen LogP contribution in [-0.4, -0.2) is 0 Å². The Morgan fingerprint density at radius 1 is 1.36 bits per heavy atom. The Labute approximate surface area is 73.2 Å². The van der Waals surface area contributed by atoms with E-state index >= 15 is 0 Å². The molecule has 0 bridgehead atoms. The number of hydrogen-bond acceptors (Lipinski definition) is 2. The van der Waals surface area contributed by atoms with Crippen LogP contribution in [0.25, 0.3) is 0 Å². The second-order valence-electron chi connectivity index (χ2n) is 2.31. The summed E-state index contributed by atoms with van der Waals surface area (Å²) in [6.45, 7) is 2.82. The van der Waals surface area contributed by atoms with E-state index in [1.807, 2.05) is 12.1 Å². The van der Waals surface area contributed by atoms with Crippen molar-refractivity contribution in [1.29, 1.82) is 0 Å². The van der Waals surface area contributed by atoms with Gasteiger partial charge in [-0.3, -0.25) is 11.3 Å². The van der Waals surface area contributed by atoms with Crippen molar-refractivity contribution in [1.82, 2.24) is 5.43 Å². The second-order valence-corrected chi connectivity index (χ2v) is 2.31. The van der Waals surface area contributed by atoms with Gasteiger partial charge in [0.15, 0.2) is 0 Å². The molecule has 0 aliphatic carbocycles. The first-order valence-corrected chi connectivity index (χ1v) is 3.32. The van der Waals surface area contributed by atoms with Crippen LogP contribution in [0, 0.1) is 6.92 Å². The molecule has 0 atom stereocenters. The monoisotopic (exact) mass is 172 g/mol. The molecule has 1 aromatic carbocycles. The van der Waals surface area contributed by atoms with Crippen LogP contribution in [0.4, 0.5) is 0 Å². The number of nitrogens with two attached hydrogens (primary N) is 1. The van der Waals surface area contributed by atoms with Crippen molar-refractivity contribution in [2.75, 3.05) is 0 Å². The lowest BCUT2D eigenvalue weighted by Gasteiger charge is -2.02. The molecule has 0 heterocycles. The van der Waals surface area contributed by atoms with E-state index in [0.717, 1.165) is 6.54 Å². The lowest BCUT2D eigenvalue weighted by atomic mass is 10.1. The average Bonchev–Trinajstić information content (AvgIpc) is 1.94. The van der Waals surface area contributed by atoms with Crippen molar-refractivity contribution in [2.45, 2.75) is 13.5 Å². The fraction of sp³-hybridized carbons (Fsp3) is 0.250. The summed E-state index contributed by atoms with van der Waals surface area (Å²) in [7, 11) is 0. The standard InChI is InChI=1S/C8H12N2.ClH/c1-7-4-2-3-5-8(7)6-10-9;/h2-5,10H,6,9H2,1H3;1H. The Balaban J connectivity index is 0.000001000. The molecular formula is C8H13ClN2. The van der Waals surface area contributed by atoms with E-state index < -0.39 is 0 Å². The summed E-state index contributed by atoms with van der Waals surface area (Å²) in [4.78, 5) is 0. The van der Waals surface area contributed by atoms with Crippen molar-refractivity contribution >= 4 is 12.4 Å². The SMILES string of the molecule is Cc1ccccc1CNN.Cl. The molecule has 0 saturated heterocycles. The summed E-state index contributed by atoms with van der Waals surface area (Å²) < 4.78 is 0. The number of halogens is 1. The normalized spacial score (nSPS) is 8.91. The highest BCUT2D eigenvalue weighted by Crippen LogP contribution is 2.04. The fourth-order valence-corrected chi connectivity index (χ4v) is 0.918. The first-order valence-electron chi connectivity index (χ1n) is 3.32. The zero-order chi connectivity index (χ0) is 7.40. The van der Waals surface area contributed by atoms with Gasteiger partial charge in [0.2, 0.25) is 0 Å². The van der Waals surface area contributed by atoms with Gasteiger partial charge in [-0.1, -0.05) is 24.3 Å². The van der Waals surface area contributed by atoms with Crippen LogP contribution < -0.4 is 11.3 Å². The topological polar surface area (TPSA) is 38.0 Å². The molecule has 1 aromatic rings. The van der Waals surface area contributed by atoms with Gasteiger partial charge in [-0.2, -0.15) is 0 Å². The third-order valence-corrected chi connectivity index (χ3v) is 1.55. The van der Waals surface area contributed by atoms with Gasteiger partial charge in [0.1, 0.15) is 0 Å². The molecule has 3 N–H and O–H groups in total. The molecule has 0 spiro atoms. The zero-order valence-corrected chi connectivity index (χ0v) is 7.32. The largest absolute Gasteiger partial charge is 0.271 e. The van der Waals surface area contributed by atoms with Gasteiger partial charge in [0, 0.05) is 6.54 Å². The third kappa shape index (κ3) is 2.89. The summed E-state index contributed by atoms with van der Waals surface area (Å²) in [5.74, 6) is 5.18. The average molecular weight is 173 g/mol. The molecule has 0 radical (unpaired) electrons. The number of rotatable bonds is 2. The first-order chi connectivity index (χ1) is 4.84. The Kier molecular flexibility index (Phi) is 4.86. The smallest absolute Gasteiger partial charge is 0.0351 e. The van der Waals surface area contributed by atoms with E-state index in [-0.39, 0.29) is 12.4 Å². The number of hydrogen-bond donors (Lipinski definition) is 2. The minimum absolute atomic E-state index is 0. The second kappa shape index (κ2) is 5.13. The van der Waals surface area contributed by atoms with Crippen LogP contribution in [-0.2, 0) is 6.54 Å². The number of hydrazine groups is 1. The Morgan fingerprint density at radius 2 is 2.00 bits per heavy atom. The summed E-state index contributed by atoms with van der Waals surface area (Å²) in [5.41, 5.74) is 5.16. The molecule has 2 nitrogen and oxygen atoms in total. The van der Waals surface area contributed by atoms with E-state index in [9.17, 15) is 0 Å². The van der Waals surface area contributed by atoms with Gasteiger partial charge in [0.25, 0.3) is 0 Å². The quantitative estimate of drug-likeness (QED) is 0.523. The number of aryl methyl sites for hydroxylation is 1. The molecule has 0 saturated carbocycles. The van der Waals surface area contributed by atoms with E-state index in [4.69, 9.17) is 5.84 Å². The molecule has 1 rings (SSSR count). The lowest BCUT2D eigenvalue weighted by molar-refractivity contribution is 0.737. The third-order valence-electron chi connectivity index (χ3n) is 1.55. The highest BCUT2D eigenvalue weighted by Gasteiger charge is 1.92. The number of benzene rings is 1. The molecule has 0 fully saturated rings. The predicted molar refractivity (Wildman–Crippen MR) is 49.5 cm³/mol. The Morgan fingerprint density at radius 3 is 2.55 bits per heavy atom. The van der Waals surface area contributed by atoms with Gasteiger partial charge < -0.3 is 0 Å². The van der Waals surface area contributed by atoms with Gasteiger partial charge in [-0.25, -0.2) is 0 Å². The van der Waals surface area contributed by atoms with E-state index in [0.29, 0.717) is 0 Å². The number of nitrogens with one attached hydrogen (secondary N) is 1. The van der Waals surface area contributed by atoms with Crippen LogP contribution in [0.15, 0.2) is 24.3 Å². The highest BCUT2D eigenvalue weighted by atomic mass is 35.5. The molecule has 0 unspecified atom stereocenters. The first kappa shape index (κ1) is 10.4. The van der Waals surface area contributed by atoms with Crippen molar-refractivity contribution < 1.29 is 0 Å². The molecule has 3 heteroatoms. The van der Waals surface area contributed by atoms with Crippen LogP contribution in [0.5, 0.6) is 0 Å². The molecule has 0 amide bonds. The summed E-state index contributed by atoms with van der Waals surface area (Å²) >= 11 is 0. The van der Waals surface area contributed by atoms with Crippen molar-refractivity contribution in [3.63, 3.8) is 0 Å². The van der Waals surface area contributed by atoms with Crippen molar-refractivity contribution in [3.05, 3.63) is 35.4 Å². The summed E-state index contributed by atoms with van der Waals surface area (Å²) in [5, 5.41) is 0.